The molecule has 0 radical (unpaired) electrons. The molecule has 0 bridgehead atoms. The fourth-order valence-electron chi connectivity index (χ4n) is 2.07. The van der Waals surface area contributed by atoms with E-state index in [0.29, 0.717) is 13.2 Å². The summed E-state index contributed by atoms with van der Waals surface area (Å²) in [5, 5.41) is 8.90. The van der Waals surface area contributed by atoms with Crippen LogP contribution in [-0.2, 0) is 29.2 Å². The smallest absolute Gasteiger partial charge is 0.307 e. The van der Waals surface area contributed by atoms with Crippen LogP contribution in [0.25, 0.3) is 0 Å². The molecule has 2 aromatic carbocycles. The summed E-state index contributed by atoms with van der Waals surface area (Å²) in [6.07, 6.45) is 0.0126. The van der Waals surface area contributed by atoms with E-state index in [0.717, 1.165) is 22.4 Å². The molecule has 0 fully saturated rings. The Morgan fingerprint density at radius 2 is 1.81 bits per heavy atom. The quantitative estimate of drug-likeness (QED) is 0.850. The van der Waals surface area contributed by atoms with Crippen LogP contribution in [0.2, 0.25) is 0 Å². The number of carboxylic acids is 1. The summed E-state index contributed by atoms with van der Waals surface area (Å²) < 4.78 is 10.8. The highest BCUT2D eigenvalue weighted by molar-refractivity contribution is 5.70. The van der Waals surface area contributed by atoms with Gasteiger partial charge in [-0.2, -0.15) is 0 Å². The van der Waals surface area contributed by atoms with Crippen molar-refractivity contribution in [3.8, 4) is 5.75 Å². The second-order valence-electron chi connectivity index (χ2n) is 4.68. The van der Waals surface area contributed by atoms with Gasteiger partial charge in [-0.05, 0) is 28.8 Å². The average Bonchev–Trinajstić information content (AvgIpc) is 2.49. The number of ether oxygens (including phenoxy) is 2. The molecule has 0 atom stereocenters. The van der Waals surface area contributed by atoms with Crippen LogP contribution >= 0.6 is 0 Å². The lowest BCUT2D eigenvalue weighted by Gasteiger charge is -2.09. The number of hydrogen-bond donors (Lipinski definition) is 1. The van der Waals surface area contributed by atoms with Crippen LogP contribution in [0, 0.1) is 0 Å². The molecule has 0 aliphatic carbocycles. The van der Waals surface area contributed by atoms with E-state index >= 15 is 0 Å². The molecule has 0 unspecified atom stereocenters. The first-order valence-corrected chi connectivity index (χ1v) is 6.68. The van der Waals surface area contributed by atoms with Crippen molar-refractivity contribution in [3.63, 3.8) is 0 Å². The zero-order valence-electron chi connectivity index (χ0n) is 11.9. The van der Waals surface area contributed by atoms with E-state index in [1.54, 1.807) is 7.11 Å². The predicted octanol–water partition coefficient (Wildman–Crippen LogP) is 3.04. The minimum atomic E-state index is -0.838. The summed E-state index contributed by atoms with van der Waals surface area (Å²) in [7, 11) is 1.63. The molecule has 0 aliphatic rings. The molecule has 0 saturated carbocycles. The van der Waals surface area contributed by atoms with Gasteiger partial charge in [0.25, 0.3) is 0 Å². The average molecular weight is 286 g/mol. The summed E-state index contributed by atoms with van der Waals surface area (Å²) in [4.78, 5) is 10.8. The van der Waals surface area contributed by atoms with Crippen LogP contribution in [0.5, 0.6) is 5.75 Å². The largest absolute Gasteiger partial charge is 0.497 e. The Hall–Kier alpha value is -2.33. The topological polar surface area (TPSA) is 55.8 Å². The molecule has 0 aliphatic heterocycles. The lowest BCUT2D eigenvalue weighted by atomic mass is 10.1. The lowest BCUT2D eigenvalue weighted by molar-refractivity contribution is -0.136. The number of carboxylic acid groups (broad SMARTS) is 1. The van der Waals surface area contributed by atoms with Gasteiger partial charge in [-0.1, -0.05) is 36.4 Å². The predicted molar refractivity (Wildman–Crippen MR) is 79.3 cm³/mol. The minimum Gasteiger partial charge on any atom is -0.497 e. The minimum absolute atomic E-state index is 0.0126. The van der Waals surface area contributed by atoms with E-state index in [2.05, 4.69) is 0 Å². The summed E-state index contributed by atoms with van der Waals surface area (Å²) in [5.41, 5.74) is 2.71. The highest BCUT2D eigenvalue weighted by Crippen LogP contribution is 2.15. The first-order chi connectivity index (χ1) is 10.2. The first-order valence-electron chi connectivity index (χ1n) is 6.68. The van der Waals surface area contributed by atoms with Crippen molar-refractivity contribution in [2.75, 3.05) is 7.11 Å². The summed E-state index contributed by atoms with van der Waals surface area (Å²) in [6.45, 7) is 0.846. The van der Waals surface area contributed by atoms with Crippen molar-refractivity contribution in [1.82, 2.24) is 0 Å². The lowest BCUT2D eigenvalue weighted by Crippen LogP contribution is -2.05. The fraction of sp³-hybridized carbons (Fsp3) is 0.235. The summed E-state index contributed by atoms with van der Waals surface area (Å²) in [6, 6.07) is 15.1. The van der Waals surface area contributed by atoms with E-state index < -0.39 is 5.97 Å². The number of rotatable bonds is 7. The first kappa shape index (κ1) is 15.1. The third-order valence-corrected chi connectivity index (χ3v) is 3.12. The van der Waals surface area contributed by atoms with E-state index in [9.17, 15) is 4.79 Å². The molecule has 0 aromatic heterocycles. The Morgan fingerprint density at radius 3 is 2.52 bits per heavy atom. The maximum Gasteiger partial charge on any atom is 0.307 e. The van der Waals surface area contributed by atoms with E-state index in [4.69, 9.17) is 14.6 Å². The Balaban J connectivity index is 1.95. The monoisotopic (exact) mass is 286 g/mol. The highest BCUT2D eigenvalue weighted by Gasteiger charge is 2.06. The van der Waals surface area contributed by atoms with Crippen molar-refractivity contribution < 1.29 is 19.4 Å². The van der Waals surface area contributed by atoms with Crippen LogP contribution in [0.15, 0.2) is 48.5 Å². The van der Waals surface area contributed by atoms with Gasteiger partial charge in [-0.3, -0.25) is 4.79 Å². The molecule has 4 heteroatoms. The van der Waals surface area contributed by atoms with Crippen LogP contribution in [0.1, 0.15) is 16.7 Å². The Morgan fingerprint density at radius 1 is 1.05 bits per heavy atom. The Kier molecular flexibility index (Phi) is 5.35. The van der Waals surface area contributed by atoms with Crippen molar-refractivity contribution in [2.24, 2.45) is 0 Å². The molecule has 1 N–H and O–H groups in total. The zero-order valence-corrected chi connectivity index (χ0v) is 11.9. The van der Waals surface area contributed by atoms with E-state index in [1.165, 1.54) is 0 Å². The number of hydrogen-bond acceptors (Lipinski definition) is 3. The second-order valence-corrected chi connectivity index (χ2v) is 4.68. The molecule has 0 amide bonds. The maximum absolute atomic E-state index is 10.8. The molecule has 4 nitrogen and oxygen atoms in total. The van der Waals surface area contributed by atoms with Crippen LogP contribution in [0.3, 0.4) is 0 Å². The SMILES string of the molecule is COc1cccc(COCc2ccccc2CC(=O)O)c1. The van der Waals surface area contributed by atoms with Gasteiger partial charge in [-0.15, -0.1) is 0 Å². The van der Waals surface area contributed by atoms with Crippen molar-refractivity contribution in [1.29, 1.82) is 0 Å². The van der Waals surface area contributed by atoms with E-state index in [-0.39, 0.29) is 6.42 Å². The molecule has 2 rings (SSSR count). The fourth-order valence-corrected chi connectivity index (χ4v) is 2.07. The molecule has 0 heterocycles. The normalized spacial score (nSPS) is 10.3. The summed E-state index contributed by atoms with van der Waals surface area (Å²) >= 11 is 0. The van der Waals surface area contributed by atoms with Gasteiger partial charge < -0.3 is 14.6 Å². The van der Waals surface area contributed by atoms with E-state index in [1.807, 2.05) is 48.5 Å². The van der Waals surface area contributed by atoms with Crippen molar-refractivity contribution >= 4 is 5.97 Å². The highest BCUT2D eigenvalue weighted by atomic mass is 16.5. The molecule has 21 heavy (non-hydrogen) atoms. The molecule has 2 aromatic rings. The van der Waals surface area contributed by atoms with Gasteiger partial charge in [0.15, 0.2) is 0 Å². The third kappa shape index (κ3) is 4.61. The van der Waals surface area contributed by atoms with Gasteiger partial charge in [0, 0.05) is 0 Å². The van der Waals surface area contributed by atoms with Crippen LogP contribution < -0.4 is 4.74 Å². The van der Waals surface area contributed by atoms with Gasteiger partial charge in [0.2, 0.25) is 0 Å². The van der Waals surface area contributed by atoms with Crippen molar-refractivity contribution in [3.05, 3.63) is 65.2 Å². The van der Waals surface area contributed by atoms with Gasteiger partial charge >= 0.3 is 5.97 Å². The summed E-state index contributed by atoms with van der Waals surface area (Å²) in [5.74, 6) is -0.0439. The third-order valence-electron chi connectivity index (χ3n) is 3.12. The van der Waals surface area contributed by atoms with Gasteiger partial charge in [-0.25, -0.2) is 0 Å². The zero-order chi connectivity index (χ0) is 15.1. The number of carbonyl (C=O) groups is 1. The second kappa shape index (κ2) is 7.45. The van der Waals surface area contributed by atoms with Crippen LogP contribution in [0.4, 0.5) is 0 Å². The molecular formula is C17H18O4. The maximum atomic E-state index is 10.8. The van der Waals surface area contributed by atoms with Gasteiger partial charge in [0.05, 0.1) is 26.7 Å². The number of methoxy groups -OCH3 is 1. The molecule has 0 saturated heterocycles. The Labute approximate surface area is 123 Å². The standard InChI is InChI=1S/C17H18O4/c1-20-16-8-4-5-13(9-16)11-21-12-15-7-3-2-6-14(15)10-17(18)19/h2-9H,10-12H2,1H3,(H,18,19). The molecular weight excluding hydrogens is 268 g/mol. The van der Waals surface area contributed by atoms with Gasteiger partial charge in [0.1, 0.15) is 5.75 Å². The number of aliphatic carboxylic acids is 1. The number of benzene rings is 2. The molecule has 0 spiro atoms. The van der Waals surface area contributed by atoms with Crippen molar-refractivity contribution in [2.45, 2.75) is 19.6 Å². The van der Waals surface area contributed by atoms with Crippen LogP contribution in [-0.4, -0.2) is 18.2 Å². The molecule has 110 valence electrons. The Bertz CT molecular complexity index is 607.